The molecule has 0 aliphatic carbocycles. The van der Waals surface area contributed by atoms with Crippen LogP contribution in [0, 0.1) is 0 Å². The van der Waals surface area contributed by atoms with Gasteiger partial charge < -0.3 is 10.1 Å². The van der Waals surface area contributed by atoms with Gasteiger partial charge in [-0.05, 0) is 23.6 Å². The lowest BCUT2D eigenvalue weighted by atomic mass is 10.2. The van der Waals surface area contributed by atoms with Crippen molar-refractivity contribution in [2.45, 2.75) is 12.5 Å². The van der Waals surface area contributed by atoms with Gasteiger partial charge in [0.05, 0.1) is 19.5 Å². The van der Waals surface area contributed by atoms with E-state index in [0.717, 1.165) is 10.6 Å². The SMILES string of the molecule is O=C(Cc1cccs1)NC[C@H]1CN(c2ccccc2)C(=O)O1. The number of nitrogens with one attached hydrogen (secondary N) is 1. The van der Waals surface area contributed by atoms with Crippen LogP contribution in [0.1, 0.15) is 4.88 Å². The molecule has 6 heteroatoms. The first kappa shape index (κ1) is 14.6. The number of para-hydroxylation sites is 1. The second-order valence-electron chi connectivity index (χ2n) is 5.01. The quantitative estimate of drug-likeness (QED) is 0.921. The lowest BCUT2D eigenvalue weighted by Crippen LogP contribution is -2.35. The number of rotatable bonds is 5. The van der Waals surface area contributed by atoms with E-state index in [4.69, 9.17) is 4.74 Å². The smallest absolute Gasteiger partial charge is 0.414 e. The third-order valence-corrected chi connectivity index (χ3v) is 4.26. The molecule has 0 unspecified atom stereocenters. The molecule has 1 fully saturated rings. The highest BCUT2D eigenvalue weighted by Gasteiger charge is 2.32. The van der Waals surface area contributed by atoms with Crippen LogP contribution in [0.15, 0.2) is 47.8 Å². The summed E-state index contributed by atoms with van der Waals surface area (Å²) >= 11 is 1.55. The van der Waals surface area contributed by atoms with Gasteiger partial charge in [-0.3, -0.25) is 9.69 Å². The minimum atomic E-state index is -0.372. The number of amides is 2. The molecule has 0 radical (unpaired) electrons. The maximum Gasteiger partial charge on any atom is 0.414 e. The van der Waals surface area contributed by atoms with Gasteiger partial charge in [-0.15, -0.1) is 11.3 Å². The van der Waals surface area contributed by atoms with Crippen LogP contribution in [-0.2, 0) is 16.0 Å². The molecule has 3 rings (SSSR count). The number of anilines is 1. The van der Waals surface area contributed by atoms with Crippen molar-refractivity contribution in [3.05, 3.63) is 52.7 Å². The Balaban J connectivity index is 1.50. The van der Waals surface area contributed by atoms with Gasteiger partial charge in [-0.1, -0.05) is 24.3 Å². The van der Waals surface area contributed by atoms with Crippen molar-refractivity contribution < 1.29 is 14.3 Å². The molecule has 1 saturated heterocycles. The van der Waals surface area contributed by atoms with E-state index in [1.807, 2.05) is 47.8 Å². The summed E-state index contributed by atoms with van der Waals surface area (Å²) < 4.78 is 5.29. The second-order valence-corrected chi connectivity index (χ2v) is 6.04. The Bertz CT molecular complexity index is 643. The van der Waals surface area contributed by atoms with E-state index in [0.29, 0.717) is 19.5 Å². The normalized spacial score (nSPS) is 17.4. The fraction of sp³-hybridized carbons (Fsp3) is 0.250. The highest BCUT2D eigenvalue weighted by Crippen LogP contribution is 2.20. The first-order valence-electron chi connectivity index (χ1n) is 7.04. The van der Waals surface area contributed by atoms with Crippen molar-refractivity contribution in [1.82, 2.24) is 5.32 Å². The van der Waals surface area contributed by atoms with Gasteiger partial charge in [0.1, 0.15) is 6.10 Å². The Morgan fingerprint density at radius 1 is 1.27 bits per heavy atom. The van der Waals surface area contributed by atoms with Gasteiger partial charge >= 0.3 is 6.09 Å². The molecule has 1 aromatic heterocycles. The van der Waals surface area contributed by atoms with Crippen LogP contribution in [0.25, 0.3) is 0 Å². The third kappa shape index (κ3) is 3.46. The summed E-state index contributed by atoms with van der Waals surface area (Å²) in [5.41, 5.74) is 0.805. The summed E-state index contributed by atoms with van der Waals surface area (Å²) in [6.45, 7) is 0.779. The molecule has 1 atom stereocenters. The molecule has 0 saturated carbocycles. The molecular formula is C16H16N2O3S. The third-order valence-electron chi connectivity index (χ3n) is 3.38. The number of hydrogen-bond donors (Lipinski definition) is 1. The average Bonchev–Trinajstić information content (AvgIpc) is 3.16. The molecule has 2 aromatic rings. The highest BCUT2D eigenvalue weighted by atomic mass is 32.1. The molecule has 1 N–H and O–H groups in total. The maximum absolute atomic E-state index is 11.9. The number of hydrogen-bond acceptors (Lipinski definition) is 4. The molecule has 114 valence electrons. The van der Waals surface area contributed by atoms with E-state index in [9.17, 15) is 9.59 Å². The summed E-state index contributed by atoms with van der Waals surface area (Å²) in [5, 5.41) is 4.76. The molecule has 1 aliphatic heterocycles. The fourth-order valence-electron chi connectivity index (χ4n) is 2.31. The van der Waals surface area contributed by atoms with Gasteiger partial charge in [0.2, 0.25) is 5.91 Å². The number of carbonyl (C=O) groups excluding carboxylic acids is 2. The predicted molar refractivity (Wildman–Crippen MR) is 85.1 cm³/mol. The van der Waals surface area contributed by atoms with Crippen LogP contribution < -0.4 is 10.2 Å². The average molecular weight is 316 g/mol. The molecule has 2 amide bonds. The highest BCUT2D eigenvalue weighted by molar-refractivity contribution is 7.10. The summed E-state index contributed by atoms with van der Waals surface area (Å²) in [7, 11) is 0. The van der Waals surface area contributed by atoms with E-state index < -0.39 is 0 Å². The van der Waals surface area contributed by atoms with Crippen LogP contribution in [0.4, 0.5) is 10.5 Å². The van der Waals surface area contributed by atoms with Crippen LogP contribution in [0.2, 0.25) is 0 Å². The van der Waals surface area contributed by atoms with Crippen molar-refractivity contribution in [3.63, 3.8) is 0 Å². The zero-order valence-corrected chi connectivity index (χ0v) is 12.7. The Morgan fingerprint density at radius 2 is 2.09 bits per heavy atom. The number of cyclic esters (lactones) is 1. The standard InChI is InChI=1S/C16H16N2O3S/c19-15(9-14-7-4-8-22-14)17-10-13-11-18(16(20)21-13)12-5-2-1-3-6-12/h1-8,13H,9-11H2,(H,17,19)/t13-/m0/s1. The monoisotopic (exact) mass is 316 g/mol. The Hall–Kier alpha value is -2.34. The van der Waals surface area contributed by atoms with Gasteiger partial charge in [0, 0.05) is 10.6 Å². The van der Waals surface area contributed by atoms with Gasteiger partial charge in [0.15, 0.2) is 0 Å². The van der Waals surface area contributed by atoms with Crippen LogP contribution in [0.5, 0.6) is 0 Å². The van der Waals surface area contributed by atoms with E-state index in [2.05, 4.69) is 5.32 Å². The second kappa shape index (κ2) is 6.62. The first-order valence-corrected chi connectivity index (χ1v) is 7.92. The Labute approximate surface area is 132 Å². The minimum absolute atomic E-state index is 0.0586. The zero-order valence-electron chi connectivity index (χ0n) is 11.9. The van der Waals surface area contributed by atoms with Crippen molar-refractivity contribution >= 4 is 29.0 Å². The first-order chi connectivity index (χ1) is 10.7. The van der Waals surface area contributed by atoms with E-state index in [1.165, 1.54) is 0 Å². The van der Waals surface area contributed by atoms with Crippen LogP contribution in [-0.4, -0.2) is 31.2 Å². The number of carbonyl (C=O) groups is 2. The Morgan fingerprint density at radius 3 is 2.82 bits per heavy atom. The van der Waals surface area contributed by atoms with Crippen molar-refractivity contribution in [2.75, 3.05) is 18.0 Å². The maximum atomic E-state index is 11.9. The molecule has 0 bridgehead atoms. The minimum Gasteiger partial charge on any atom is -0.442 e. The van der Waals surface area contributed by atoms with Crippen molar-refractivity contribution in [1.29, 1.82) is 0 Å². The van der Waals surface area contributed by atoms with Crippen LogP contribution in [0.3, 0.4) is 0 Å². The zero-order chi connectivity index (χ0) is 15.4. The number of thiophene rings is 1. The fourth-order valence-corrected chi connectivity index (χ4v) is 3.01. The Kier molecular flexibility index (Phi) is 4.39. The van der Waals surface area contributed by atoms with Gasteiger partial charge in [-0.25, -0.2) is 4.79 Å². The number of ether oxygens (including phenoxy) is 1. The number of nitrogens with zero attached hydrogens (tertiary/aromatic N) is 1. The molecule has 0 spiro atoms. The number of benzene rings is 1. The summed E-state index contributed by atoms with van der Waals surface area (Å²) in [4.78, 5) is 26.3. The lowest BCUT2D eigenvalue weighted by molar-refractivity contribution is -0.120. The van der Waals surface area contributed by atoms with E-state index >= 15 is 0 Å². The molecule has 1 aromatic carbocycles. The van der Waals surface area contributed by atoms with Crippen molar-refractivity contribution in [3.8, 4) is 0 Å². The van der Waals surface area contributed by atoms with E-state index in [1.54, 1.807) is 16.2 Å². The topological polar surface area (TPSA) is 58.6 Å². The molecular weight excluding hydrogens is 300 g/mol. The van der Waals surface area contributed by atoms with Crippen LogP contribution >= 0.6 is 11.3 Å². The van der Waals surface area contributed by atoms with Gasteiger partial charge in [0.25, 0.3) is 0 Å². The van der Waals surface area contributed by atoms with E-state index in [-0.39, 0.29) is 18.1 Å². The molecule has 2 heterocycles. The van der Waals surface area contributed by atoms with Gasteiger partial charge in [-0.2, -0.15) is 0 Å². The summed E-state index contributed by atoms with van der Waals surface area (Å²) in [5.74, 6) is -0.0586. The van der Waals surface area contributed by atoms with Crippen molar-refractivity contribution in [2.24, 2.45) is 0 Å². The molecule has 5 nitrogen and oxygen atoms in total. The predicted octanol–water partition coefficient (Wildman–Crippen LogP) is 2.43. The lowest BCUT2D eigenvalue weighted by Gasteiger charge is -2.12. The molecule has 22 heavy (non-hydrogen) atoms. The molecule has 1 aliphatic rings. The summed E-state index contributed by atoms with van der Waals surface area (Å²) in [6, 6.07) is 13.2. The largest absolute Gasteiger partial charge is 0.442 e. The summed E-state index contributed by atoms with van der Waals surface area (Å²) in [6.07, 6.45) is -0.329.